The smallest absolute Gasteiger partial charge is 0.240 e. The first-order chi connectivity index (χ1) is 11.4. The van der Waals surface area contributed by atoms with Gasteiger partial charge in [-0.05, 0) is 33.8 Å². The Hall–Kier alpha value is -2.41. The molecule has 3 rings (SSSR count). The van der Waals surface area contributed by atoms with Crippen LogP contribution in [0.2, 0.25) is 0 Å². The van der Waals surface area contributed by atoms with Crippen molar-refractivity contribution in [2.75, 3.05) is 0 Å². The minimum absolute atomic E-state index is 0.0631. The summed E-state index contributed by atoms with van der Waals surface area (Å²) >= 11 is 1.63. The predicted octanol–water partition coefficient (Wildman–Crippen LogP) is 3.15. The van der Waals surface area contributed by atoms with E-state index in [0.717, 1.165) is 33.3 Å². The molecule has 0 fully saturated rings. The van der Waals surface area contributed by atoms with E-state index >= 15 is 0 Å². The van der Waals surface area contributed by atoms with Crippen LogP contribution in [0.4, 0.5) is 0 Å². The third kappa shape index (κ3) is 3.41. The summed E-state index contributed by atoms with van der Waals surface area (Å²) in [4.78, 5) is 16.8. The summed E-state index contributed by atoms with van der Waals surface area (Å²) in [6.07, 6.45) is 0. The second kappa shape index (κ2) is 6.60. The van der Waals surface area contributed by atoms with Crippen molar-refractivity contribution < 1.29 is 9.32 Å². The SMILES string of the molecule is Cc1cc(CNC(=O)Cn2c(C)cc(-c3csc(C)n3)c2C)on1. The van der Waals surface area contributed by atoms with Crippen LogP contribution in [0, 0.1) is 27.7 Å². The van der Waals surface area contributed by atoms with Crippen molar-refractivity contribution in [1.82, 2.24) is 20.0 Å². The normalized spacial score (nSPS) is 11.0. The van der Waals surface area contributed by atoms with Gasteiger partial charge in [0.05, 0.1) is 22.9 Å². The molecule has 0 unspecified atom stereocenters. The number of nitrogens with zero attached hydrogens (tertiary/aromatic N) is 3. The van der Waals surface area contributed by atoms with Crippen LogP contribution in [0.3, 0.4) is 0 Å². The molecule has 0 radical (unpaired) electrons. The zero-order valence-electron chi connectivity index (χ0n) is 14.2. The van der Waals surface area contributed by atoms with E-state index < -0.39 is 0 Å². The van der Waals surface area contributed by atoms with Crippen LogP contribution in [-0.2, 0) is 17.9 Å². The number of carbonyl (C=O) groups excluding carboxylic acids is 1. The molecule has 1 amide bonds. The van der Waals surface area contributed by atoms with Crippen LogP contribution < -0.4 is 5.32 Å². The molecule has 7 heteroatoms. The average molecular weight is 344 g/mol. The van der Waals surface area contributed by atoms with Gasteiger partial charge in [-0.2, -0.15) is 0 Å². The first-order valence-corrected chi connectivity index (χ1v) is 8.60. The van der Waals surface area contributed by atoms with Crippen molar-refractivity contribution in [3.8, 4) is 11.3 Å². The fraction of sp³-hybridized carbons (Fsp3) is 0.353. The summed E-state index contributed by atoms with van der Waals surface area (Å²) < 4.78 is 7.10. The first-order valence-electron chi connectivity index (χ1n) is 7.72. The number of aryl methyl sites for hydroxylation is 3. The second-order valence-corrected chi connectivity index (χ2v) is 6.90. The number of aromatic nitrogens is 3. The van der Waals surface area contributed by atoms with Crippen LogP contribution in [-0.4, -0.2) is 20.6 Å². The quantitative estimate of drug-likeness (QED) is 0.772. The summed E-state index contributed by atoms with van der Waals surface area (Å²) in [6.45, 7) is 8.48. The molecule has 126 valence electrons. The molecule has 0 aliphatic heterocycles. The number of hydrogen-bond acceptors (Lipinski definition) is 5. The summed E-state index contributed by atoms with van der Waals surface area (Å²) in [6, 6.07) is 3.89. The molecule has 0 aromatic carbocycles. The molecule has 0 saturated carbocycles. The van der Waals surface area contributed by atoms with Gasteiger partial charge in [-0.15, -0.1) is 11.3 Å². The van der Waals surface area contributed by atoms with Crippen molar-refractivity contribution in [3.05, 3.63) is 45.4 Å². The van der Waals surface area contributed by atoms with Crippen LogP contribution in [0.1, 0.15) is 27.8 Å². The fourth-order valence-corrected chi connectivity index (χ4v) is 3.29. The molecule has 6 nitrogen and oxygen atoms in total. The van der Waals surface area contributed by atoms with E-state index in [-0.39, 0.29) is 12.5 Å². The minimum atomic E-state index is -0.0631. The fourth-order valence-electron chi connectivity index (χ4n) is 2.68. The van der Waals surface area contributed by atoms with Gasteiger partial charge in [0.2, 0.25) is 5.91 Å². The highest BCUT2D eigenvalue weighted by Crippen LogP contribution is 2.27. The van der Waals surface area contributed by atoms with E-state index in [4.69, 9.17) is 4.52 Å². The van der Waals surface area contributed by atoms with E-state index in [1.54, 1.807) is 11.3 Å². The summed E-state index contributed by atoms with van der Waals surface area (Å²) in [5.41, 5.74) is 4.94. The average Bonchev–Trinajstić information content (AvgIpc) is 3.21. The zero-order chi connectivity index (χ0) is 17.3. The van der Waals surface area contributed by atoms with Gasteiger partial charge in [-0.1, -0.05) is 5.16 Å². The lowest BCUT2D eigenvalue weighted by Crippen LogP contribution is -2.27. The summed E-state index contributed by atoms with van der Waals surface area (Å²) in [5, 5.41) is 9.76. The maximum Gasteiger partial charge on any atom is 0.240 e. The Morgan fingerprint density at radius 2 is 2.08 bits per heavy atom. The lowest BCUT2D eigenvalue weighted by molar-refractivity contribution is -0.122. The van der Waals surface area contributed by atoms with E-state index in [1.165, 1.54) is 0 Å². The Kier molecular flexibility index (Phi) is 4.53. The Bertz CT molecular complexity index is 875. The molecular weight excluding hydrogens is 324 g/mol. The molecule has 0 atom stereocenters. The molecule has 0 bridgehead atoms. The van der Waals surface area contributed by atoms with Crippen LogP contribution >= 0.6 is 11.3 Å². The standard InChI is InChI=1S/C17H20N4O2S/c1-10-5-14(23-20-10)7-18-17(22)8-21-11(2)6-15(12(21)3)16-9-24-13(4)19-16/h5-6,9H,7-8H2,1-4H3,(H,18,22). The van der Waals surface area contributed by atoms with Gasteiger partial charge in [0.1, 0.15) is 6.54 Å². The summed E-state index contributed by atoms with van der Waals surface area (Å²) in [7, 11) is 0. The third-order valence-electron chi connectivity index (χ3n) is 3.91. The Labute approximate surface area is 144 Å². The van der Waals surface area contributed by atoms with Crippen molar-refractivity contribution in [2.24, 2.45) is 0 Å². The molecule has 0 aliphatic rings. The third-order valence-corrected chi connectivity index (χ3v) is 4.68. The number of thiazole rings is 1. The number of rotatable bonds is 5. The molecule has 0 aliphatic carbocycles. The Morgan fingerprint density at radius 3 is 2.71 bits per heavy atom. The second-order valence-electron chi connectivity index (χ2n) is 5.83. The van der Waals surface area contributed by atoms with Gasteiger partial charge >= 0.3 is 0 Å². The maximum atomic E-state index is 12.2. The van der Waals surface area contributed by atoms with E-state index in [1.807, 2.05) is 43.7 Å². The van der Waals surface area contributed by atoms with Crippen LogP contribution in [0.25, 0.3) is 11.3 Å². The Morgan fingerprint density at radius 1 is 1.29 bits per heavy atom. The summed E-state index contributed by atoms with van der Waals surface area (Å²) in [5.74, 6) is 0.590. The lowest BCUT2D eigenvalue weighted by atomic mass is 10.2. The maximum absolute atomic E-state index is 12.2. The number of nitrogens with one attached hydrogen (secondary N) is 1. The van der Waals surface area contributed by atoms with Gasteiger partial charge in [0, 0.05) is 28.4 Å². The molecular formula is C17H20N4O2S. The van der Waals surface area contributed by atoms with Gasteiger partial charge in [0.15, 0.2) is 5.76 Å². The number of hydrogen-bond donors (Lipinski definition) is 1. The zero-order valence-corrected chi connectivity index (χ0v) is 15.0. The van der Waals surface area contributed by atoms with Gasteiger partial charge < -0.3 is 14.4 Å². The van der Waals surface area contributed by atoms with Crippen LogP contribution in [0.15, 0.2) is 22.0 Å². The minimum Gasteiger partial charge on any atom is -0.359 e. The van der Waals surface area contributed by atoms with E-state index in [2.05, 4.69) is 21.5 Å². The largest absolute Gasteiger partial charge is 0.359 e. The molecule has 0 spiro atoms. The monoisotopic (exact) mass is 344 g/mol. The highest BCUT2D eigenvalue weighted by atomic mass is 32.1. The van der Waals surface area contributed by atoms with Crippen molar-refractivity contribution in [3.63, 3.8) is 0 Å². The topological polar surface area (TPSA) is 73.0 Å². The van der Waals surface area contributed by atoms with Crippen molar-refractivity contribution >= 4 is 17.2 Å². The highest BCUT2D eigenvalue weighted by molar-refractivity contribution is 7.09. The predicted molar refractivity (Wildman–Crippen MR) is 92.8 cm³/mol. The molecule has 0 saturated heterocycles. The number of carbonyl (C=O) groups is 1. The highest BCUT2D eigenvalue weighted by Gasteiger charge is 2.15. The number of amides is 1. The van der Waals surface area contributed by atoms with Gasteiger partial charge in [-0.25, -0.2) is 4.98 Å². The van der Waals surface area contributed by atoms with E-state index in [0.29, 0.717) is 12.3 Å². The van der Waals surface area contributed by atoms with Gasteiger partial charge in [-0.3, -0.25) is 4.79 Å². The molecule has 3 aromatic rings. The lowest BCUT2D eigenvalue weighted by Gasteiger charge is -2.09. The van der Waals surface area contributed by atoms with E-state index in [9.17, 15) is 4.79 Å². The first kappa shape index (κ1) is 16.4. The molecule has 1 N–H and O–H groups in total. The van der Waals surface area contributed by atoms with Crippen molar-refractivity contribution in [1.29, 1.82) is 0 Å². The molecule has 3 aromatic heterocycles. The van der Waals surface area contributed by atoms with Crippen LogP contribution in [0.5, 0.6) is 0 Å². The van der Waals surface area contributed by atoms with Gasteiger partial charge in [0.25, 0.3) is 0 Å². The molecule has 3 heterocycles. The van der Waals surface area contributed by atoms with Crippen molar-refractivity contribution in [2.45, 2.75) is 40.8 Å². The Balaban J connectivity index is 1.70. The molecule has 24 heavy (non-hydrogen) atoms.